The Morgan fingerprint density at radius 2 is 1.85 bits per heavy atom. The van der Waals surface area contributed by atoms with Crippen molar-refractivity contribution in [2.24, 2.45) is 0 Å². The van der Waals surface area contributed by atoms with Crippen LogP contribution in [0.25, 0.3) is 11.4 Å². The average Bonchev–Trinajstić information content (AvgIpc) is 2.20. The third-order valence-corrected chi connectivity index (χ3v) is 1.52. The number of aromatic nitrogens is 4. The molecule has 0 saturated carbocycles. The minimum atomic E-state index is -0.542. The molecule has 0 radical (unpaired) electrons. The molecule has 0 bridgehead atoms. The van der Waals surface area contributed by atoms with Crippen LogP contribution in [0.3, 0.4) is 0 Å². The molecule has 64 valence electrons. The summed E-state index contributed by atoms with van der Waals surface area (Å²) in [7, 11) is 0. The van der Waals surface area contributed by atoms with Gasteiger partial charge in [-0.3, -0.25) is 0 Å². The van der Waals surface area contributed by atoms with Crippen molar-refractivity contribution in [3.05, 3.63) is 40.8 Å². The number of hydrogen-bond donors (Lipinski definition) is 1. The van der Waals surface area contributed by atoms with Crippen molar-refractivity contribution in [1.29, 1.82) is 0 Å². The molecule has 2 rings (SSSR count). The van der Waals surface area contributed by atoms with Gasteiger partial charge in [0.1, 0.15) is 0 Å². The maximum absolute atomic E-state index is 10.6. The van der Waals surface area contributed by atoms with Crippen molar-refractivity contribution in [3.63, 3.8) is 0 Å². The van der Waals surface area contributed by atoms with Gasteiger partial charge in [-0.15, -0.1) is 10.2 Å². The number of aromatic amines is 1. The predicted octanol–water partition coefficient (Wildman–Crippen LogP) is 0.227. The summed E-state index contributed by atoms with van der Waals surface area (Å²) in [6, 6.07) is 9.31. The maximum Gasteiger partial charge on any atom is 0.380 e. The van der Waals surface area contributed by atoms with Crippen LogP contribution in [-0.4, -0.2) is 20.4 Å². The topological polar surface area (TPSA) is 71.5 Å². The molecule has 13 heavy (non-hydrogen) atoms. The molecule has 5 nitrogen and oxygen atoms in total. The van der Waals surface area contributed by atoms with Crippen molar-refractivity contribution in [3.8, 4) is 11.4 Å². The van der Waals surface area contributed by atoms with Gasteiger partial charge in [0.2, 0.25) is 5.82 Å². The number of benzene rings is 1. The quantitative estimate of drug-likeness (QED) is 0.671. The number of rotatable bonds is 1. The monoisotopic (exact) mass is 174 g/mol. The minimum absolute atomic E-state index is 0.417. The largest absolute Gasteiger partial charge is 0.380 e. The van der Waals surface area contributed by atoms with E-state index in [1.165, 1.54) is 0 Å². The molecule has 0 aliphatic carbocycles. The van der Waals surface area contributed by atoms with Gasteiger partial charge in [-0.05, 0) is 0 Å². The van der Waals surface area contributed by atoms with Crippen LogP contribution in [0.15, 0.2) is 35.1 Å². The Balaban J connectivity index is 2.48. The molecule has 0 unspecified atom stereocenters. The average molecular weight is 174 g/mol. The normalized spacial score (nSPS) is 9.85. The summed E-state index contributed by atoms with van der Waals surface area (Å²) in [5, 5.41) is 12.9. The Morgan fingerprint density at radius 3 is 2.46 bits per heavy atom. The Bertz CT molecular complexity index is 431. The summed E-state index contributed by atoms with van der Waals surface area (Å²) in [6.07, 6.45) is 0. The lowest BCUT2D eigenvalue weighted by Crippen LogP contribution is -2.14. The summed E-state index contributed by atoms with van der Waals surface area (Å²) < 4.78 is 0. The summed E-state index contributed by atoms with van der Waals surface area (Å²) in [5.74, 6) is 0.417. The molecule has 1 aromatic carbocycles. The van der Waals surface area contributed by atoms with Crippen LogP contribution in [-0.2, 0) is 0 Å². The van der Waals surface area contributed by atoms with Crippen molar-refractivity contribution in [2.45, 2.75) is 0 Å². The highest BCUT2D eigenvalue weighted by molar-refractivity contribution is 5.52. The van der Waals surface area contributed by atoms with Crippen LogP contribution >= 0.6 is 0 Å². The molecule has 0 atom stereocenters. The SMILES string of the molecule is O=c1nnc(-c2ccccc2)n[nH]1. The van der Waals surface area contributed by atoms with Gasteiger partial charge in [0, 0.05) is 5.56 Å². The molecule has 0 aliphatic rings. The molecule has 0 aliphatic heterocycles. The van der Waals surface area contributed by atoms with Crippen molar-refractivity contribution in [2.75, 3.05) is 0 Å². The summed E-state index contributed by atoms with van der Waals surface area (Å²) in [4.78, 5) is 10.6. The lowest BCUT2D eigenvalue weighted by Gasteiger charge is -1.94. The first-order valence-electron chi connectivity index (χ1n) is 3.71. The molecule has 1 N–H and O–H groups in total. The Kier molecular flexibility index (Phi) is 1.84. The summed E-state index contributed by atoms with van der Waals surface area (Å²) >= 11 is 0. The lowest BCUT2D eigenvalue weighted by atomic mass is 10.2. The molecule has 1 aromatic heterocycles. The van der Waals surface area contributed by atoms with E-state index in [0.29, 0.717) is 5.82 Å². The van der Waals surface area contributed by atoms with Crippen LogP contribution in [0.2, 0.25) is 0 Å². The molecule has 0 spiro atoms. The number of H-pyrrole nitrogens is 1. The first-order chi connectivity index (χ1) is 6.36. The third-order valence-electron chi connectivity index (χ3n) is 1.52. The highest BCUT2D eigenvalue weighted by Gasteiger charge is 1.99. The number of nitrogens with zero attached hydrogens (tertiary/aromatic N) is 3. The van der Waals surface area contributed by atoms with Gasteiger partial charge < -0.3 is 0 Å². The Labute approximate surface area is 73.5 Å². The number of nitrogens with one attached hydrogen (secondary N) is 1. The fourth-order valence-corrected chi connectivity index (χ4v) is 0.948. The molecule has 0 amide bonds. The fraction of sp³-hybridized carbons (Fsp3) is 0. The second-order valence-electron chi connectivity index (χ2n) is 2.42. The van der Waals surface area contributed by atoms with Gasteiger partial charge in [0.05, 0.1) is 0 Å². The highest BCUT2D eigenvalue weighted by atomic mass is 16.1. The van der Waals surface area contributed by atoms with E-state index >= 15 is 0 Å². The first-order valence-corrected chi connectivity index (χ1v) is 3.71. The van der Waals surface area contributed by atoms with Crippen LogP contribution in [0.5, 0.6) is 0 Å². The molecule has 2 aromatic rings. The summed E-state index contributed by atoms with van der Waals surface area (Å²) in [6.45, 7) is 0. The zero-order chi connectivity index (χ0) is 9.10. The van der Waals surface area contributed by atoms with Crippen LogP contribution in [0.1, 0.15) is 0 Å². The van der Waals surface area contributed by atoms with E-state index < -0.39 is 5.69 Å². The molecular weight excluding hydrogens is 168 g/mol. The molecule has 1 heterocycles. The second-order valence-corrected chi connectivity index (χ2v) is 2.42. The predicted molar refractivity (Wildman–Crippen MR) is 45.9 cm³/mol. The van der Waals surface area contributed by atoms with Gasteiger partial charge in [-0.25, -0.2) is 9.89 Å². The highest BCUT2D eigenvalue weighted by Crippen LogP contribution is 2.09. The first kappa shape index (κ1) is 7.60. The van der Waals surface area contributed by atoms with Gasteiger partial charge in [0.15, 0.2) is 0 Å². The van der Waals surface area contributed by atoms with E-state index in [2.05, 4.69) is 20.4 Å². The van der Waals surface area contributed by atoms with E-state index in [1.54, 1.807) is 0 Å². The van der Waals surface area contributed by atoms with Gasteiger partial charge >= 0.3 is 5.69 Å². The van der Waals surface area contributed by atoms with E-state index in [9.17, 15) is 4.79 Å². The summed E-state index contributed by atoms with van der Waals surface area (Å²) in [5.41, 5.74) is 0.283. The zero-order valence-electron chi connectivity index (χ0n) is 6.64. The zero-order valence-corrected chi connectivity index (χ0v) is 6.64. The standard InChI is InChI=1S/C8H6N4O/c13-8-11-9-7(10-12-8)6-4-2-1-3-5-6/h1-5H,(H,11,12,13). The second kappa shape index (κ2) is 3.14. The molecule has 0 fully saturated rings. The van der Waals surface area contributed by atoms with Crippen molar-refractivity contribution >= 4 is 0 Å². The third kappa shape index (κ3) is 1.58. The van der Waals surface area contributed by atoms with Crippen LogP contribution < -0.4 is 5.69 Å². The van der Waals surface area contributed by atoms with E-state index in [0.717, 1.165) is 5.56 Å². The minimum Gasteiger partial charge on any atom is -0.243 e. The van der Waals surface area contributed by atoms with Crippen molar-refractivity contribution < 1.29 is 0 Å². The molecule has 0 saturated heterocycles. The van der Waals surface area contributed by atoms with E-state index in [1.807, 2.05) is 30.3 Å². The van der Waals surface area contributed by atoms with Crippen LogP contribution in [0, 0.1) is 0 Å². The van der Waals surface area contributed by atoms with Crippen molar-refractivity contribution in [1.82, 2.24) is 20.4 Å². The smallest absolute Gasteiger partial charge is 0.243 e. The molecular formula is C8H6N4O. The van der Waals surface area contributed by atoms with Gasteiger partial charge in [-0.1, -0.05) is 35.4 Å². The Hall–Kier alpha value is -2.04. The number of hydrogen-bond acceptors (Lipinski definition) is 4. The molecule has 5 heteroatoms. The maximum atomic E-state index is 10.6. The van der Waals surface area contributed by atoms with Gasteiger partial charge in [-0.2, -0.15) is 0 Å². The van der Waals surface area contributed by atoms with Crippen LogP contribution in [0.4, 0.5) is 0 Å². The van der Waals surface area contributed by atoms with Gasteiger partial charge in [0.25, 0.3) is 0 Å². The Morgan fingerprint density at radius 1 is 1.08 bits per heavy atom. The lowest BCUT2D eigenvalue weighted by molar-refractivity contribution is 0.818. The fourth-order valence-electron chi connectivity index (χ4n) is 0.948. The van der Waals surface area contributed by atoms with E-state index in [4.69, 9.17) is 0 Å². The van der Waals surface area contributed by atoms with E-state index in [-0.39, 0.29) is 0 Å².